The van der Waals surface area contributed by atoms with Gasteiger partial charge in [-0.2, -0.15) is 12.6 Å². The average molecular weight is 303 g/mol. The van der Waals surface area contributed by atoms with E-state index < -0.39 is 0 Å². The fourth-order valence-electron chi connectivity index (χ4n) is 3.79. The molecule has 19 heavy (non-hydrogen) atoms. The first-order valence-electron chi connectivity index (χ1n) is 8.14. The Kier molecular flexibility index (Phi) is 6.28. The molecule has 6 atom stereocenters. The SMILES string of the molecule is CCC(C)C(CC)CC1(C)P(C)CCC(C)C1(C)S. The maximum absolute atomic E-state index is 5.18. The zero-order valence-electron chi connectivity index (χ0n) is 14.2. The topological polar surface area (TPSA) is 0 Å². The van der Waals surface area contributed by atoms with Crippen molar-refractivity contribution in [3.05, 3.63) is 0 Å². The van der Waals surface area contributed by atoms with Crippen molar-refractivity contribution >= 4 is 20.6 Å². The highest BCUT2D eigenvalue weighted by molar-refractivity contribution is 7.82. The molecule has 1 aliphatic rings. The van der Waals surface area contributed by atoms with Gasteiger partial charge in [-0.3, -0.25) is 0 Å². The van der Waals surface area contributed by atoms with E-state index in [4.69, 9.17) is 12.6 Å². The maximum atomic E-state index is 5.18. The Morgan fingerprint density at radius 1 is 1.26 bits per heavy atom. The Morgan fingerprint density at radius 3 is 2.32 bits per heavy atom. The zero-order valence-corrected chi connectivity index (χ0v) is 16.0. The average Bonchev–Trinajstić information content (AvgIpc) is 2.38. The molecular weight excluding hydrogens is 267 g/mol. The van der Waals surface area contributed by atoms with Gasteiger partial charge in [0.25, 0.3) is 0 Å². The lowest BCUT2D eigenvalue weighted by atomic mass is 9.73. The molecule has 1 aliphatic heterocycles. The standard InChI is InChI=1S/C17H35PS/c1-8-13(3)15(9-2)12-16(5)17(6,19)14(4)10-11-18(16)7/h13-15,19H,8-12H2,1-7H3. The van der Waals surface area contributed by atoms with Crippen molar-refractivity contribution in [3.63, 3.8) is 0 Å². The van der Waals surface area contributed by atoms with Crippen LogP contribution in [0.2, 0.25) is 0 Å². The first kappa shape index (κ1) is 17.8. The quantitative estimate of drug-likeness (QED) is 0.464. The van der Waals surface area contributed by atoms with Crippen molar-refractivity contribution in [2.45, 2.75) is 77.1 Å². The van der Waals surface area contributed by atoms with E-state index in [1.165, 1.54) is 31.8 Å². The monoisotopic (exact) mass is 302 g/mol. The van der Waals surface area contributed by atoms with Crippen LogP contribution >= 0.6 is 20.6 Å². The molecule has 1 heterocycles. The molecule has 1 saturated heterocycles. The summed E-state index contributed by atoms with van der Waals surface area (Å²) in [5.41, 5.74) is 0. The molecule has 0 aromatic carbocycles. The fraction of sp³-hybridized carbons (Fsp3) is 1.00. The van der Waals surface area contributed by atoms with E-state index in [2.05, 4.69) is 48.2 Å². The molecule has 0 spiro atoms. The van der Waals surface area contributed by atoms with Crippen molar-refractivity contribution in [2.24, 2.45) is 17.8 Å². The Balaban J connectivity index is 2.97. The molecule has 1 rings (SSSR count). The number of hydrogen-bond acceptors (Lipinski definition) is 1. The van der Waals surface area contributed by atoms with Gasteiger partial charge >= 0.3 is 0 Å². The van der Waals surface area contributed by atoms with Gasteiger partial charge in [0.05, 0.1) is 0 Å². The van der Waals surface area contributed by atoms with Gasteiger partial charge in [-0.15, -0.1) is 7.92 Å². The van der Waals surface area contributed by atoms with Gasteiger partial charge in [-0.05, 0) is 50.3 Å². The summed E-state index contributed by atoms with van der Waals surface area (Å²) in [6.07, 6.45) is 6.84. The second-order valence-electron chi connectivity index (χ2n) is 7.29. The summed E-state index contributed by atoms with van der Waals surface area (Å²) in [5, 5.41) is 0.438. The van der Waals surface area contributed by atoms with Crippen LogP contribution in [0.3, 0.4) is 0 Å². The molecule has 0 N–H and O–H groups in total. The van der Waals surface area contributed by atoms with Crippen LogP contribution in [0.25, 0.3) is 0 Å². The van der Waals surface area contributed by atoms with Crippen molar-refractivity contribution in [3.8, 4) is 0 Å². The van der Waals surface area contributed by atoms with Gasteiger partial charge in [0, 0.05) is 9.90 Å². The molecule has 6 unspecified atom stereocenters. The van der Waals surface area contributed by atoms with Crippen LogP contribution in [0.1, 0.15) is 67.2 Å². The minimum atomic E-state index is 0.104. The van der Waals surface area contributed by atoms with E-state index in [1.807, 2.05) is 0 Å². The van der Waals surface area contributed by atoms with Gasteiger partial charge in [-0.25, -0.2) is 0 Å². The third kappa shape index (κ3) is 3.34. The molecular formula is C17H35PS. The highest BCUT2D eigenvalue weighted by atomic mass is 32.1. The highest BCUT2D eigenvalue weighted by Crippen LogP contribution is 2.64. The predicted molar refractivity (Wildman–Crippen MR) is 95.1 cm³/mol. The van der Waals surface area contributed by atoms with Crippen molar-refractivity contribution in [1.82, 2.24) is 0 Å². The summed E-state index contributed by atoms with van der Waals surface area (Å²) in [6.45, 7) is 17.1. The normalized spacial score (nSPS) is 42.9. The van der Waals surface area contributed by atoms with E-state index in [1.54, 1.807) is 0 Å². The minimum Gasteiger partial charge on any atom is -0.172 e. The molecule has 0 bridgehead atoms. The third-order valence-electron chi connectivity index (χ3n) is 6.42. The molecule has 0 nitrogen and oxygen atoms in total. The number of hydrogen-bond donors (Lipinski definition) is 1. The van der Waals surface area contributed by atoms with Crippen LogP contribution in [0, 0.1) is 17.8 Å². The summed E-state index contributed by atoms with van der Waals surface area (Å²) in [4.78, 5) is 0. The van der Waals surface area contributed by atoms with Gasteiger partial charge in [0.15, 0.2) is 0 Å². The zero-order chi connectivity index (χ0) is 14.8. The summed E-state index contributed by atoms with van der Waals surface area (Å²) in [6, 6.07) is 0. The predicted octanol–water partition coefficient (Wildman–Crippen LogP) is 6.05. The van der Waals surface area contributed by atoms with Gasteiger partial charge < -0.3 is 0 Å². The van der Waals surface area contributed by atoms with E-state index in [9.17, 15) is 0 Å². The van der Waals surface area contributed by atoms with Crippen molar-refractivity contribution in [2.75, 3.05) is 12.8 Å². The summed E-state index contributed by atoms with van der Waals surface area (Å²) >= 11 is 5.18. The Hall–Kier alpha value is 0.780. The molecule has 0 aliphatic carbocycles. The van der Waals surface area contributed by atoms with E-state index in [0.717, 1.165) is 17.8 Å². The molecule has 114 valence electrons. The van der Waals surface area contributed by atoms with Crippen LogP contribution < -0.4 is 0 Å². The molecule has 0 radical (unpaired) electrons. The summed E-state index contributed by atoms with van der Waals surface area (Å²) in [7, 11) is 0.104. The Labute approximate surface area is 128 Å². The van der Waals surface area contributed by atoms with Crippen LogP contribution in [0.5, 0.6) is 0 Å². The lowest BCUT2D eigenvalue weighted by Crippen LogP contribution is -2.53. The van der Waals surface area contributed by atoms with Crippen LogP contribution in [-0.2, 0) is 0 Å². The van der Waals surface area contributed by atoms with E-state index in [0.29, 0.717) is 5.16 Å². The highest BCUT2D eigenvalue weighted by Gasteiger charge is 2.52. The molecule has 1 fully saturated rings. The van der Waals surface area contributed by atoms with Gasteiger partial charge in [-0.1, -0.05) is 47.5 Å². The molecule has 0 saturated carbocycles. The molecule has 0 aromatic heterocycles. The van der Waals surface area contributed by atoms with Crippen LogP contribution in [0.4, 0.5) is 0 Å². The van der Waals surface area contributed by atoms with E-state index >= 15 is 0 Å². The van der Waals surface area contributed by atoms with E-state index in [-0.39, 0.29) is 12.7 Å². The van der Waals surface area contributed by atoms with Crippen LogP contribution in [-0.4, -0.2) is 22.7 Å². The minimum absolute atomic E-state index is 0.104. The first-order chi connectivity index (χ1) is 8.70. The fourth-order valence-corrected chi connectivity index (χ4v) is 7.33. The van der Waals surface area contributed by atoms with Crippen LogP contribution in [0.15, 0.2) is 0 Å². The number of rotatable bonds is 5. The lowest BCUT2D eigenvalue weighted by molar-refractivity contribution is 0.232. The van der Waals surface area contributed by atoms with Crippen molar-refractivity contribution < 1.29 is 0 Å². The number of thiol groups is 1. The van der Waals surface area contributed by atoms with Gasteiger partial charge in [0.2, 0.25) is 0 Å². The molecule has 0 aromatic rings. The smallest absolute Gasteiger partial charge is 0.0220 e. The lowest BCUT2D eigenvalue weighted by Gasteiger charge is -2.56. The second-order valence-corrected chi connectivity index (χ2v) is 11.0. The molecule has 0 amide bonds. The Bertz CT molecular complexity index is 289. The molecule has 2 heteroatoms. The Morgan fingerprint density at radius 2 is 1.84 bits per heavy atom. The first-order valence-corrected chi connectivity index (χ1v) is 10.6. The summed E-state index contributed by atoms with van der Waals surface area (Å²) < 4.78 is 0.201. The third-order valence-corrected chi connectivity index (χ3v) is 10.8. The van der Waals surface area contributed by atoms with Crippen molar-refractivity contribution in [1.29, 1.82) is 0 Å². The van der Waals surface area contributed by atoms with Gasteiger partial charge in [0.1, 0.15) is 0 Å². The largest absolute Gasteiger partial charge is 0.172 e. The maximum Gasteiger partial charge on any atom is 0.0220 e. The second kappa shape index (κ2) is 6.69. The summed E-state index contributed by atoms with van der Waals surface area (Å²) in [5.74, 6) is 2.47.